The molecule has 0 bridgehead atoms. The summed E-state index contributed by atoms with van der Waals surface area (Å²) >= 11 is 0. The van der Waals surface area contributed by atoms with E-state index >= 15 is 0 Å². The van der Waals surface area contributed by atoms with Gasteiger partial charge in [-0.15, -0.1) is 0 Å². The van der Waals surface area contributed by atoms with Crippen LogP contribution in [0.3, 0.4) is 0 Å². The predicted molar refractivity (Wildman–Crippen MR) is 121 cm³/mol. The van der Waals surface area contributed by atoms with Crippen LogP contribution in [-0.4, -0.2) is 67.2 Å². The summed E-state index contributed by atoms with van der Waals surface area (Å²) in [5, 5.41) is 0. The molecule has 2 aliphatic heterocycles. The van der Waals surface area contributed by atoms with Crippen molar-refractivity contribution < 1.29 is 13.2 Å². The van der Waals surface area contributed by atoms with Crippen LogP contribution in [0.4, 0.5) is 0 Å². The molecule has 2 aromatic carbocycles. The quantitative estimate of drug-likeness (QED) is 0.692. The Bertz CT molecular complexity index is 1030. The van der Waals surface area contributed by atoms with Gasteiger partial charge in [-0.25, -0.2) is 8.42 Å². The number of hydrogen-bond donors (Lipinski definition) is 0. The maximum Gasteiger partial charge on any atom is 0.253 e. The summed E-state index contributed by atoms with van der Waals surface area (Å²) in [7, 11) is -3.51. The molecule has 2 aliphatic rings. The third-order valence-electron chi connectivity index (χ3n) is 6.57. The fourth-order valence-electron chi connectivity index (χ4n) is 4.72. The normalized spacial score (nSPS) is 19.6. The van der Waals surface area contributed by atoms with E-state index in [-0.39, 0.29) is 10.8 Å². The number of rotatable bonds is 6. The largest absolute Gasteiger partial charge is 0.337 e. The highest BCUT2D eigenvalue weighted by Crippen LogP contribution is 2.25. The van der Waals surface area contributed by atoms with E-state index in [4.69, 9.17) is 0 Å². The van der Waals surface area contributed by atoms with Gasteiger partial charge in [0.05, 0.1) is 4.90 Å². The van der Waals surface area contributed by atoms with Crippen molar-refractivity contribution in [3.8, 4) is 0 Å². The molecular formula is C24H31N3O3S. The van der Waals surface area contributed by atoms with E-state index < -0.39 is 10.0 Å². The summed E-state index contributed by atoms with van der Waals surface area (Å²) in [6, 6.07) is 15.4. The molecule has 2 heterocycles. The average molecular weight is 442 g/mol. The summed E-state index contributed by atoms with van der Waals surface area (Å²) < 4.78 is 26.7. The number of hydrogen-bond acceptors (Lipinski definition) is 4. The second-order valence-corrected chi connectivity index (χ2v) is 10.2. The molecule has 1 saturated heterocycles. The molecule has 1 unspecified atom stereocenters. The molecule has 0 aliphatic carbocycles. The standard InChI is InChI=1S/C24H31N3O3S/c1-3-27(4-2)31(29,30)23-11-9-20(10-12-23)24(28)26-16-14-22(18-26)25-15-13-19-7-5-6-8-21(19)17-25/h5-12,22H,3-4,13-18H2,1-2H3. The predicted octanol–water partition coefficient (Wildman–Crippen LogP) is 2.99. The highest BCUT2D eigenvalue weighted by molar-refractivity contribution is 7.89. The molecule has 0 N–H and O–H groups in total. The smallest absolute Gasteiger partial charge is 0.253 e. The maximum absolute atomic E-state index is 13.0. The molecule has 1 atom stereocenters. The third-order valence-corrected chi connectivity index (χ3v) is 8.64. The lowest BCUT2D eigenvalue weighted by atomic mass is 9.98. The molecule has 166 valence electrons. The van der Waals surface area contributed by atoms with E-state index in [1.165, 1.54) is 15.4 Å². The van der Waals surface area contributed by atoms with Crippen LogP contribution in [-0.2, 0) is 23.0 Å². The molecule has 6 nitrogen and oxygen atoms in total. The topological polar surface area (TPSA) is 60.9 Å². The number of carbonyl (C=O) groups excluding carboxylic acids is 1. The van der Waals surface area contributed by atoms with Crippen molar-refractivity contribution in [2.24, 2.45) is 0 Å². The van der Waals surface area contributed by atoms with Crippen LogP contribution in [0.15, 0.2) is 53.4 Å². The second kappa shape index (κ2) is 9.10. The first-order valence-electron chi connectivity index (χ1n) is 11.1. The SMILES string of the molecule is CCN(CC)S(=O)(=O)c1ccc(C(=O)N2CCC(N3CCc4ccccc4C3)C2)cc1. The Morgan fingerprint density at radius 3 is 2.35 bits per heavy atom. The summed E-state index contributed by atoms with van der Waals surface area (Å²) in [5.41, 5.74) is 3.37. The molecule has 1 fully saturated rings. The first-order valence-corrected chi connectivity index (χ1v) is 12.6. The molecule has 31 heavy (non-hydrogen) atoms. The first kappa shape index (κ1) is 22.0. The zero-order valence-corrected chi connectivity index (χ0v) is 19.1. The van der Waals surface area contributed by atoms with Gasteiger partial charge in [-0.05, 0) is 48.2 Å². The van der Waals surface area contributed by atoms with Crippen molar-refractivity contribution in [2.45, 2.75) is 44.2 Å². The lowest BCUT2D eigenvalue weighted by molar-refractivity contribution is 0.0773. The third kappa shape index (κ3) is 4.40. The van der Waals surface area contributed by atoms with E-state index in [1.54, 1.807) is 24.3 Å². The summed E-state index contributed by atoms with van der Waals surface area (Å²) in [6.07, 6.45) is 2.03. The zero-order chi connectivity index (χ0) is 22.0. The number of nitrogens with zero attached hydrogens (tertiary/aromatic N) is 3. The zero-order valence-electron chi connectivity index (χ0n) is 18.3. The second-order valence-electron chi connectivity index (χ2n) is 8.30. The lowest BCUT2D eigenvalue weighted by Gasteiger charge is -2.33. The first-order chi connectivity index (χ1) is 14.9. The molecule has 0 aromatic heterocycles. The highest BCUT2D eigenvalue weighted by Gasteiger charge is 2.32. The summed E-state index contributed by atoms with van der Waals surface area (Å²) in [6.45, 7) is 7.93. The molecule has 1 amide bonds. The highest BCUT2D eigenvalue weighted by atomic mass is 32.2. The molecule has 4 rings (SSSR count). The van der Waals surface area contributed by atoms with E-state index in [0.717, 1.165) is 39.0 Å². The summed E-state index contributed by atoms with van der Waals surface area (Å²) in [4.78, 5) is 17.7. The Hall–Kier alpha value is -2.22. The number of likely N-dealkylation sites (tertiary alicyclic amines) is 1. The van der Waals surface area contributed by atoms with Crippen LogP contribution >= 0.6 is 0 Å². The van der Waals surface area contributed by atoms with E-state index in [1.807, 2.05) is 18.7 Å². The van der Waals surface area contributed by atoms with Crippen LogP contribution in [0, 0.1) is 0 Å². The Balaban J connectivity index is 1.41. The van der Waals surface area contributed by atoms with Gasteiger partial charge in [-0.1, -0.05) is 38.1 Å². The number of benzene rings is 2. The van der Waals surface area contributed by atoms with Crippen LogP contribution in [0.5, 0.6) is 0 Å². The number of carbonyl (C=O) groups is 1. The Morgan fingerprint density at radius 2 is 1.68 bits per heavy atom. The minimum atomic E-state index is -3.51. The average Bonchev–Trinajstić information content (AvgIpc) is 3.29. The van der Waals surface area contributed by atoms with Crippen molar-refractivity contribution in [3.05, 3.63) is 65.2 Å². The van der Waals surface area contributed by atoms with Crippen LogP contribution in [0.25, 0.3) is 0 Å². The van der Waals surface area contributed by atoms with Gasteiger partial charge in [0.15, 0.2) is 0 Å². The fourth-order valence-corrected chi connectivity index (χ4v) is 6.18. The molecule has 0 saturated carbocycles. The van der Waals surface area contributed by atoms with Gasteiger partial charge >= 0.3 is 0 Å². The number of sulfonamides is 1. The van der Waals surface area contributed by atoms with Gasteiger partial charge in [0, 0.05) is 50.9 Å². The minimum Gasteiger partial charge on any atom is -0.337 e. The van der Waals surface area contributed by atoms with Crippen molar-refractivity contribution in [1.29, 1.82) is 0 Å². The molecule has 2 aromatic rings. The fraction of sp³-hybridized carbons (Fsp3) is 0.458. The van der Waals surface area contributed by atoms with Crippen LogP contribution in [0.1, 0.15) is 41.8 Å². The van der Waals surface area contributed by atoms with E-state index in [9.17, 15) is 13.2 Å². The van der Waals surface area contributed by atoms with Crippen molar-refractivity contribution in [3.63, 3.8) is 0 Å². The molecular weight excluding hydrogens is 410 g/mol. The van der Waals surface area contributed by atoms with Gasteiger partial charge in [0.1, 0.15) is 0 Å². The molecule has 7 heteroatoms. The number of amides is 1. The van der Waals surface area contributed by atoms with Gasteiger partial charge in [-0.3, -0.25) is 9.69 Å². The number of fused-ring (bicyclic) bond motifs is 1. The van der Waals surface area contributed by atoms with E-state index in [2.05, 4.69) is 29.2 Å². The van der Waals surface area contributed by atoms with Gasteiger partial charge in [-0.2, -0.15) is 4.31 Å². The van der Waals surface area contributed by atoms with Crippen molar-refractivity contribution in [1.82, 2.24) is 14.1 Å². The Labute approximate surface area is 185 Å². The minimum absolute atomic E-state index is 0.0216. The monoisotopic (exact) mass is 441 g/mol. The lowest BCUT2D eigenvalue weighted by Crippen LogP contribution is -2.41. The van der Waals surface area contributed by atoms with Crippen LogP contribution in [0.2, 0.25) is 0 Å². The van der Waals surface area contributed by atoms with Crippen molar-refractivity contribution >= 4 is 15.9 Å². The Kier molecular flexibility index (Phi) is 6.46. The van der Waals surface area contributed by atoms with Crippen LogP contribution < -0.4 is 0 Å². The van der Waals surface area contributed by atoms with E-state index in [0.29, 0.717) is 24.7 Å². The molecule has 0 radical (unpaired) electrons. The van der Waals surface area contributed by atoms with Gasteiger partial charge in [0.25, 0.3) is 5.91 Å². The van der Waals surface area contributed by atoms with Gasteiger partial charge < -0.3 is 4.90 Å². The van der Waals surface area contributed by atoms with Crippen molar-refractivity contribution in [2.75, 3.05) is 32.7 Å². The maximum atomic E-state index is 13.0. The Morgan fingerprint density at radius 1 is 1.00 bits per heavy atom. The molecule has 0 spiro atoms. The van der Waals surface area contributed by atoms with Gasteiger partial charge in [0.2, 0.25) is 10.0 Å². The summed E-state index contributed by atoms with van der Waals surface area (Å²) in [5.74, 6) is -0.0216.